The highest BCUT2D eigenvalue weighted by molar-refractivity contribution is 5.61. The predicted octanol–water partition coefficient (Wildman–Crippen LogP) is 3.38. The van der Waals surface area contributed by atoms with Gasteiger partial charge in [0, 0.05) is 18.7 Å². The molecule has 1 aliphatic carbocycles. The second-order valence-electron chi connectivity index (χ2n) is 4.53. The van der Waals surface area contributed by atoms with E-state index in [1.165, 1.54) is 24.1 Å². The standard InChI is InChI=1S/C14H15N3O2/c15-10-12-9-13(17(18)19)5-6-14(12)16-8-7-11-3-1-2-4-11/h3,5-6,9,16H,1-2,4,7-8H2. The van der Waals surface area contributed by atoms with E-state index in [0.717, 1.165) is 25.8 Å². The molecule has 1 aromatic rings. The Morgan fingerprint density at radius 1 is 1.47 bits per heavy atom. The number of anilines is 1. The van der Waals surface area contributed by atoms with Gasteiger partial charge in [0.1, 0.15) is 6.07 Å². The van der Waals surface area contributed by atoms with Crippen LogP contribution in [0.25, 0.3) is 0 Å². The molecule has 0 unspecified atom stereocenters. The number of hydrogen-bond donors (Lipinski definition) is 1. The molecular weight excluding hydrogens is 242 g/mol. The van der Waals surface area contributed by atoms with Crippen LogP contribution in [0, 0.1) is 21.4 Å². The number of hydrogen-bond acceptors (Lipinski definition) is 4. The van der Waals surface area contributed by atoms with Crippen LogP contribution in [-0.4, -0.2) is 11.5 Å². The summed E-state index contributed by atoms with van der Waals surface area (Å²) < 4.78 is 0. The molecule has 5 heteroatoms. The highest BCUT2D eigenvalue weighted by Gasteiger charge is 2.10. The van der Waals surface area contributed by atoms with Crippen molar-refractivity contribution in [2.45, 2.75) is 25.7 Å². The van der Waals surface area contributed by atoms with E-state index in [0.29, 0.717) is 11.3 Å². The van der Waals surface area contributed by atoms with E-state index < -0.39 is 4.92 Å². The number of non-ortho nitro benzene ring substituents is 1. The molecule has 5 nitrogen and oxygen atoms in total. The maximum absolute atomic E-state index is 10.6. The third-order valence-corrected chi connectivity index (χ3v) is 3.23. The number of allylic oxidation sites excluding steroid dienone is 1. The molecule has 0 amide bonds. The van der Waals surface area contributed by atoms with Crippen molar-refractivity contribution in [3.05, 3.63) is 45.5 Å². The lowest BCUT2D eigenvalue weighted by Crippen LogP contribution is -2.04. The Bertz CT molecular complexity index is 558. The summed E-state index contributed by atoms with van der Waals surface area (Å²) in [6.45, 7) is 0.748. The van der Waals surface area contributed by atoms with Crippen LogP contribution >= 0.6 is 0 Å². The van der Waals surface area contributed by atoms with E-state index in [2.05, 4.69) is 11.4 Å². The number of rotatable bonds is 5. The highest BCUT2D eigenvalue weighted by atomic mass is 16.6. The van der Waals surface area contributed by atoms with Crippen molar-refractivity contribution >= 4 is 11.4 Å². The molecule has 0 saturated carbocycles. The van der Waals surface area contributed by atoms with Gasteiger partial charge in [-0.25, -0.2) is 0 Å². The van der Waals surface area contributed by atoms with Gasteiger partial charge < -0.3 is 5.32 Å². The lowest BCUT2D eigenvalue weighted by molar-refractivity contribution is -0.384. The van der Waals surface area contributed by atoms with Gasteiger partial charge in [0.15, 0.2) is 0 Å². The summed E-state index contributed by atoms with van der Waals surface area (Å²) in [5.74, 6) is 0. The summed E-state index contributed by atoms with van der Waals surface area (Å²) in [4.78, 5) is 10.1. The van der Waals surface area contributed by atoms with Crippen LogP contribution in [0.2, 0.25) is 0 Å². The largest absolute Gasteiger partial charge is 0.384 e. The molecule has 0 heterocycles. The van der Waals surface area contributed by atoms with Crippen LogP contribution in [0.1, 0.15) is 31.2 Å². The number of nitro benzene ring substituents is 1. The molecule has 98 valence electrons. The lowest BCUT2D eigenvalue weighted by Gasteiger charge is -2.08. The highest BCUT2D eigenvalue weighted by Crippen LogP contribution is 2.23. The maximum Gasteiger partial charge on any atom is 0.270 e. The van der Waals surface area contributed by atoms with Crippen LogP contribution in [0.4, 0.5) is 11.4 Å². The lowest BCUT2D eigenvalue weighted by atomic mass is 10.1. The summed E-state index contributed by atoms with van der Waals surface area (Å²) in [6.07, 6.45) is 6.78. The van der Waals surface area contributed by atoms with Crippen molar-refractivity contribution in [3.8, 4) is 6.07 Å². The molecule has 0 atom stereocenters. The van der Waals surface area contributed by atoms with Crippen LogP contribution in [-0.2, 0) is 0 Å². The van der Waals surface area contributed by atoms with E-state index in [9.17, 15) is 10.1 Å². The molecule has 1 N–H and O–H groups in total. The third kappa shape index (κ3) is 3.32. The zero-order valence-electron chi connectivity index (χ0n) is 10.6. The van der Waals surface area contributed by atoms with Gasteiger partial charge >= 0.3 is 0 Å². The zero-order chi connectivity index (χ0) is 13.7. The first-order chi connectivity index (χ1) is 9.20. The van der Waals surface area contributed by atoms with E-state index in [1.54, 1.807) is 6.07 Å². The Labute approximate surface area is 111 Å². The minimum atomic E-state index is -0.492. The van der Waals surface area contributed by atoms with Crippen LogP contribution in [0.3, 0.4) is 0 Å². The van der Waals surface area contributed by atoms with Gasteiger partial charge in [-0.05, 0) is 31.7 Å². The van der Waals surface area contributed by atoms with Gasteiger partial charge in [-0.1, -0.05) is 11.6 Å². The zero-order valence-corrected chi connectivity index (χ0v) is 10.6. The Kier molecular flexibility index (Phi) is 4.14. The second-order valence-corrected chi connectivity index (χ2v) is 4.53. The second kappa shape index (κ2) is 6.01. The summed E-state index contributed by atoms with van der Waals surface area (Å²) in [5.41, 5.74) is 2.37. The molecule has 1 aliphatic rings. The molecule has 0 aromatic heterocycles. The normalized spacial score (nSPS) is 13.7. The molecule has 0 radical (unpaired) electrons. The predicted molar refractivity (Wildman–Crippen MR) is 72.9 cm³/mol. The molecule has 0 fully saturated rings. The number of nitrogens with zero attached hydrogens (tertiary/aromatic N) is 2. The van der Waals surface area contributed by atoms with E-state index >= 15 is 0 Å². The van der Waals surface area contributed by atoms with Gasteiger partial charge in [-0.2, -0.15) is 5.26 Å². The molecule has 0 saturated heterocycles. The SMILES string of the molecule is N#Cc1cc([N+](=O)[O-])ccc1NCCC1=CCCC1. The molecule has 19 heavy (non-hydrogen) atoms. The molecule has 0 spiro atoms. The Morgan fingerprint density at radius 3 is 2.95 bits per heavy atom. The van der Waals surface area contributed by atoms with E-state index in [4.69, 9.17) is 5.26 Å². The molecule has 0 aliphatic heterocycles. The fraction of sp³-hybridized carbons (Fsp3) is 0.357. The number of nitro groups is 1. The maximum atomic E-state index is 10.6. The Balaban J connectivity index is 1.99. The number of nitrogens with one attached hydrogen (secondary N) is 1. The molecule has 2 rings (SSSR count). The molecule has 0 bridgehead atoms. The minimum Gasteiger partial charge on any atom is -0.384 e. The van der Waals surface area contributed by atoms with Crippen molar-refractivity contribution in [1.29, 1.82) is 5.26 Å². The van der Waals surface area contributed by atoms with Gasteiger partial charge in [0.2, 0.25) is 0 Å². The fourth-order valence-electron chi connectivity index (χ4n) is 2.21. The monoisotopic (exact) mass is 257 g/mol. The first-order valence-corrected chi connectivity index (χ1v) is 6.31. The average molecular weight is 257 g/mol. The van der Waals surface area contributed by atoms with Crippen LogP contribution in [0.5, 0.6) is 0 Å². The summed E-state index contributed by atoms with van der Waals surface area (Å²) >= 11 is 0. The summed E-state index contributed by atoms with van der Waals surface area (Å²) in [6, 6.07) is 6.30. The first kappa shape index (κ1) is 13.1. The number of nitriles is 1. The first-order valence-electron chi connectivity index (χ1n) is 6.31. The van der Waals surface area contributed by atoms with Crippen molar-refractivity contribution in [3.63, 3.8) is 0 Å². The van der Waals surface area contributed by atoms with E-state index in [1.807, 2.05) is 6.07 Å². The average Bonchev–Trinajstić information content (AvgIpc) is 2.92. The summed E-state index contributed by atoms with van der Waals surface area (Å²) in [7, 11) is 0. The van der Waals surface area contributed by atoms with Gasteiger partial charge in [-0.15, -0.1) is 0 Å². The van der Waals surface area contributed by atoms with Gasteiger partial charge in [0.25, 0.3) is 5.69 Å². The van der Waals surface area contributed by atoms with Crippen LogP contribution in [0.15, 0.2) is 29.8 Å². The Hall–Kier alpha value is -2.35. The number of benzene rings is 1. The van der Waals surface area contributed by atoms with Crippen LogP contribution < -0.4 is 5.32 Å². The topological polar surface area (TPSA) is 79.0 Å². The van der Waals surface area contributed by atoms with E-state index in [-0.39, 0.29) is 5.69 Å². The van der Waals surface area contributed by atoms with Crippen molar-refractivity contribution in [2.75, 3.05) is 11.9 Å². The van der Waals surface area contributed by atoms with Crippen molar-refractivity contribution < 1.29 is 4.92 Å². The van der Waals surface area contributed by atoms with Gasteiger partial charge in [-0.3, -0.25) is 10.1 Å². The smallest absolute Gasteiger partial charge is 0.270 e. The molecular formula is C14H15N3O2. The molecule has 1 aromatic carbocycles. The fourth-order valence-corrected chi connectivity index (χ4v) is 2.21. The van der Waals surface area contributed by atoms with Crippen molar-refractivity contribution in [1.82, 2.24) is 0 Å². The summed E-state index contributed by atoms with van der Waals surface area (Å²) in [5, 5.41) is 22.8. The van der Waals surface area contributed by atoms with Crippen molar-refractivity contribution in [2.24, 2.45) is 0 Å². The Morgan fingerprint density at radius 2 is 2.32 bits per heavy atom. The quantitative estimate of drug-likeness (QED) is 0.498. The third-order valence-electron chi connectivity index (χ3n) is 3.23. The minimum absolute atomic E-state index is 0.0550. The van der Waals surface area contributed by atoms with Gasteiger partial charge in [0.05, 0.1) is 16.2 Å².